The van der Waals surface area contributed by atoms with Gasteiger partial charge in [0, 0.05) is 16.5 Å². The summed E-state index contributed by atoms with van der Waals surface area (Å²) in [6.07, 6.45) is 0. The van der Waals surface area contributed by atoms with Gasteiger partial charge in [0.05, 0.1) is 0 Å². The fraction of sp³-hybridized carbons (Fsp3) is 0.0870. The molecule has 7 nitrogen and oxygen atoms in total. The predicted molar refractivity (Wildman–Crippen MR) is 125 cm³/mol. The highest BCUT2D eigenvalue weighted by atomic mass is 35.5. The number of aryl methyl sites for hydroxylation is 2. The van der Waals surface area contributed by atoms with Crippen LogP contribution in [0.2, 0.25) is 5.02 Å². The molecule has 1 heterocycles. The lowest BCUT2D eigenvalue weighted by molar-refractivity contribution is 0.459. The van der Waals surface area contributed by atoms with Crippen molar-refractivity contribution in [2.24, 2.45) is 0 Å². The molecule has 170 valence electrons. The van der Waals surface area contributed by atoms with Gasteiger partial charge in [-0.3, -0.25) is 0 Å². The molecule has 0 atom stereocenters. The fourth-order valence-corrected chi connectivity index (χ4v) is 4.96. The number of benzene rings is 3. The van der Waals surface area contributed by atoms with Gasteiger partial charge in [0.2, 0.25) is 11.8 Å². The Morgan fingerprint density at radius 2 is 1.21 bits per heavy atom. The molecule has 0 N–H and O–H groups in total. The van der Waals surface area contributed by atoms with E-state index in [0.29, 0.717) is 15.8 Å². The van der Waals surface area contributed by atoms with Crippen LogP contribution in [0, 0.1) is 13.8 Å². The number of halogens is 1. The van der Waals surface area contributed by atoms with E-state index in [2.05, 4.69) is 4.98 Å². The number of pyridine rings is 1. The first kappa shape index (κ1) is 23.0. The summed E-state index contributed by atoms with van der Waals surface area (Å²) in [5, 5.41) is 1.06. The van der Waals surface area contributed by atoms with Crippen molar-refractivity contribution < 1.29 is 25.2 Å². The molecule has 0 fully saturated rings. The molecule has 0 bridgehead atoms. The van der Waals surface area contributed by atoms with Gasteiger partial charge in [-0.05, 0) is 61.7 Å². The van der Waals surface area contributed by atoms with E-state index in [1.54, 1.807) is 30.3 Å². The summed E-state index contributed by atoms with van der Waals surface area (Å²) in [6, 6.07) is 18.1. The van der Waals surface area contributed by atoms with E-state index in [9.17, 15) is 16.8 Å². The summed E-state index contributed by atoms with van der Waals surface area (Å²) in [5.41, 5.74) is 1.76. The SMILES string of the molecule is Cc1ccc(S(=O)(=O)Oc2cc3cc(Cl)ccc3c(OS(=O)(=O)c3ccc(C)cc3)n2)cc1. The van der Waals surface area contributed by atoms with Crippen LogP contribution in [-0.4, -0.2) is 21.8 Å². The van der Waals surface area contributed by atoms with Crippen molar-refractivity contribution in [3.8, 4) is 11.8 Å². The van der Waals surface area contributed by atoms with Crippen molar-refractivity contribution in [3.63, 3.8) is 0 Å². The molecule has 0 saturated carbocycles. The molecule has 0 aliphatic heterocycles. The van der Waals surface area contributed by atoms with Gasteiger partial charge in [-0.15, -0.1) is 0 Å². The summed E-state index contributed by atoms with van der Waals surface area (Å²) in [7, 11) is -8.48. The maximum Gasteiger partial charge on any atom is 0.340 e. The molecule has 0 saturated heterocycles. The van der Waals surface area contributed by atoms with Crippen LogP contribution >= 0.6 is 11.6 Å². The van der Waals surface area contributed by atoms with E-state index in [1.807, 2.05) is 13.8 Å². The minimum Gasteiger partial charge on any atom is -0.358 e. The zero-order valence-electron chi connectivity index (χ0n) is 17.5. The van der Waals surface area contributed by atoms with Crippen LogP contribution in [0.25, 0.3) is 10.8 Å². The lowest BCUT2D eigenvalue weighted by Crippen LogP contribution is -2.13. The van der Waals surface area contributed by atoms with E-state index >= 15 is 0 Å². The van der Waals surface area contributed by atoms with Crippen LogP contribution < -0.4 is 8.37 Å². The number of hydrogen-bond acceptors (Lipinski definition) is 7. The van der Waals surface area contributed by atoms with Gasteiger partial charge in [0.1, 0.15) is 9.79 Å². The van der Waals surface area contributed by atoms with Crippen LogP contribution in [0.4, 0.5) is 0 Å². The highest BCUT2D eigenvalue weighted by molar-refractivity contribution is 7.87. The standard InChI is InChI=1S/C23H18ClNO6S2/c1-15-3-8-19(9-4-15)32(26,27)30-22-14-17-13-18(24)7-12-21(17)23(25-22)31-33(28,29)20-10-5-16(2)6-11-20/h3-14H,1-2H3. The van der Waals surface area contributed by atoms with Crippen LogP contribution in [0.15, 0.2) is 82.6 Å². The minimum atomic E-state index is -4.25. The summed E-state index contributed by atoms with van der Waals surface area (Å²) in [5.74, 6) is -0.696. The molecular weight excluding hydrogens is 486 g/mol. The molecule has 10 heteroatoms. The van der Waals surface area contributed by atoms with Gasteiger partial charge in [-0.25, -0.2) is 0 Å². The van der Waals surface area contributed by atoms with Crippen molar-refractivity contribution in [3.05, 3.63) is 88.9 Å². The quantitative estimate of drug-likeness (QED) is 0.340. The first-order chi connectivity index (χ1) is 15.5. The van der Waals surface area contributed by atoms with E-state index < -0.39 is 20.2 Å². The van der Waals surface area contributed by atoms with Crippen LogP contribution in [0.5, 0.6) is 11.8 Å². The minimum absolute atomic E-state index is 0.0733. The Morgan fingerprint density at radius 3 is 1.76 bits per heavy atom. The maximum atomic E-state index is 12.8. The van der Waals surface area contributed by atoms with Crippen LogP contribution in [-0.2, 0) is 20.2 Å². The molecule has 4 rings (SSSR count). The Labute approximate surface area is 196 Å². The Balaban J connectivity index is 1.78. The topological polar surface area (TPSA) is 99.6 Å². The second-order valence-corrected chi connectivity index (χ2v) is 10.9. The monoisotopic (exact) mass is 503 g/mol. The largest absolute Gasteiger partial charge is 0.358 e. The van der Waals surface area contributed by atoms with Gasteiger partial charge >= 0.3 is 20.2 Å². The Hall–Kier alpha value is -3.14. The molecule has 1 aromatic heterocycles. The molecule has 0 aliphatic rings. The Kier molecular flexibility index (Phi) is 6.04. The van der Waals surface area contributed by atoms with Crippen molar-refractivity contribution in [1.82, 2.24) is 4.98 Å². The molecule has 0 amide bonds. The van der Waals surface area contributed by atoms with Gasteiger partial charge in [-0.2, -0.15) is 21.8 Å². The average molecular weight is 504 g/mol. The molecule has 4 aromatic rings. The number of rotatable bonds is 6. The highest BCUT2D eigenvalue weighted by Gasteiger charge is 2.23. The number of aromatic nitrogens is 1. The lowest BCUT2D eigenvalue weighted by atomic mass is 10.2. The zero-order chi connectivity index (χ0) is 23.8. The fourth-order valence-electron chi connectivity index (χ4n) is 3.00. The van der Waals surface area contributed by atoms with Gasteiger partial charge in [0.15, 0.2) is 0 Å². The summed E-state index contributed by atoms with van der Waals surface area (Å²) in [6.45, 7) is 3.65. The molecule has 33 heavy (non-hydrogen) atoms. The molecule has 3 aromatic carbocycles. The third kappa shape index (κ3) is 5.11. The Bertz CT molecular complexity index is 1550. The van der Waals surface area contributed by atoms with Crippen LogP contribution in [0.3, 0.4) is 0 Å². The number of hydrogen-bond donors (Lipinski definition) is 0. The van der Waals surface area contributed by atoms with Gasteiger partial charge in [0.25, 0.3) is 0 Å². The van der Waals surface area contributed by atoms with E-state index in [4.69, 9.17) is 20.0 Å². The molecule has 0 radical (unpaired) electrons. The second-order valence-electron chi connectivity index (χ2n) is 7.33. The van der Waals surface area contributed by atoms with Crippen molar-refractivity contribution in [1.29, 1.82) is 0 Å². The summed E-state index contributed by atoms with van der Waals surface area (Å²) >= 11 is 6.07. The average Bonchev–Trinajstić information content (AvgIpc) is 2.73. The highest BCUT2D eigenvalue weighted by Crippen LogP contribution is 2.32. The first-order valence-electron chi connectivity index (χ1n) is 9.66. The molecular formula is C23H18ClNO6S2. The van der Waals surface area contributed by atoms with Crippen molar-refractivity contribution in [2.75, 3.05) is 0 Å². The first-order valence-corrected chi connectivity index (χ1v) is 12.9. The predicted octanol–water partition coefficient (Wildman–Crippen LogP) is 5.04. The molecule has 0 aliphatic carbocycles. The maximum absolute atomic E-state index is 12.8. The molecule has 0 spiro atoms. The smallest absolute Gasteiger partial charge is 0.340 e. The normalized spacial score (nSPS) is 12.0. The van der Waals surface area contributed by atoms with Gasteiger partial charge < -0.3 is 8.37 Å². The zero-order valence-corrected chi connectivity index (χ0v) is 19.9. The second kappa shape index (κ2) is 8.66. The number of fused-ring (bicyclic) bond motifs is 1. The summed E-state index contributed by atoms with van der Waals surface area (Å²) in [4.78, 5) is 3.89. The third-order valence-electron chi connectivity index (χ3n) is 4.74. The van der Waals surface area contributed by atoms with Crippen LogP contribution in [0.1, 0.15) is 11.1 Å². The van der Waals surface area contributed by atoms with Crippen molar-refractivity contribution in [2.45, 2.75) is 23.6 Å². The third-order valence-corrected chi connectivity index (χ3v) is 7.44. The number of nitrogens with zero attached hydrogens (tertiary/aromatic N) is 1. The Morgan fingerprint density at radius 1 is 0.697 bits per heavy atom. The summed E-state index contributed by atoms with van der Waals surface area (Å²) < 4.78 is 61.6. The lowest BCUT2D eigenvalue weighted by Gasteiger charge is -2.12. The van der Waals surface area contributed by atoms with E-state index in [1.165, 1.54) is 42.5 Å². The van der Waals surface area contributed by atoms with E-state index in [-0.39, 0.29) is 21.6 Å². The van der Waals surface area contributed by atoms with Crippen molar-refractivity contribution >= 4 is 42.6 Å². The molecule has 0 unspecified atom stereocenters. The van der Waals surface area contributed by atoms with E-state index in [0.717, 1.165) is 11.1 Å². The van der Waals surface area contributed by atoms with Gasteiger partial charge in [-0.1, -0.05) is 47.0 Å².